The second-order valence-corrected chi connectivity index (χ2v) is 3.88. The van der Waals surface area contributed by atoms with Crippen molar-refractivity contribution in [1.29, 1.82) is 5.26 Å². The van der Waals surface area contributed by atoms with Crippen LogP contribution in [-0.2, 0) is 29.0 Å². The van der Waals surface area contributed by atoms with Gasteiger partial charge in [-0.1, -0.05) is 13.0 Å². The molecule has 0 aliphatic heterocycles. The maximum Gasteiger partial charge on any atom is 0.310 e. The summed E-state index contributed by atoms with van der Waals surface area (Å²) in [6.45, 7) is 3.87. The molecule has 0 unspecified atom stereocenters. The molecule has 0 radical (unpaired) electrons. The molecule has 0 saturated carbocycles. The Bertz CT molecular complexity index is 475. The van der Waals surface area contributed by atoms with Crippen LogP contribution >= 0.6 is 0 Å². The number of nitriles is 1. The smallest absolute Gasteiger partial charge is 0.310 e. The molecule has 0 aromatic heterocycles. The van der Waals surface area contributed by atoms with E-state index in [-0.39, 0.29) is 19.0 Å². The molecule has 18 heavy (non-hydrogen) atoms. The summed E-state index contributed by atoms with van der Waals surface area (Å²) in [6.07, 6.45) is 0.908. The van der Waals surface area contributed by atoms with Crippen molar-refractivity contribution in [2.75, 3.05) is 6.61 Å². The second-order valence-electron chi connectivity index (χ2n) is 3.88. The van der Waals surface area contributed by atoms with E-state index in [9.17, 15) is 9.90 Å². The molecule has 1 N–H and O–H groups in total. The van der Waals surface area contributed by atoms with Gasteiger partial charge in [-0.3, -0.25) is 4.79 Å². The Morgan fingerprint density at radius 3 is 2.56 bits per heavy atom. The van der Waals surface area contributed by atoms with Crippen LogP contribution in [0.25, 0.3) is 0 Å². The van der Waals surface area contributed by atoms with Crippen LogP contribution in [0.2, 0.25) is 0 Å². The predicted molar refractivity (Wildman–Crippen MR) is 66.8 cm³/mol. The van der Waals surface area contributed by atoms with Gasteiger partial charge in [-0.2, -0.15) is 5.26 Å². The zero-order valence-electron chi connectivity index (χ0n) is 10.7. The highest BCUT2D eigenvalue weighted by Crippen LogP contribution is 2.18. The van der Waals surface area contributed by atoms with Gasteiger partial charge in [0.25, 0.3) is 0 Å². The van der Waals surface area contributed by atoms with Crippen LogP contribution < -0.4 is 0 Å². The average molecular weight is 247 g/mol. The first kappa shape index (κ1) is 14.2. The first-order valence-electron chi connectivity index (χ1n) is 5.97. The van der Waals surface area contributed by atoms with E-state index in [2.05, 4.69) is 6.07 Å². The number of aryl methyl sites for hydroxylation is 1. The summed E-state index contributed by atoms with van der Waals surface area (Å²) in [4.78, 5) is 11.5. The number of hydrogen-bond donors (Lipinski definition) is 1. The lowest BCUT2D eigenvalue weighted by molar-refractivity contribution is -0.142. The molecule has 4 nitrogen and oxygen atoms in total. The predicted octanol–water partition coefficient (Wildman–Crippen LogP) is 1.72. The fraction of sp³-hybridized carbons (Fsp3) is 0.429. The van der Waals surface area contributed by atoms with Gasteiger partial charge in [0.2, 0.25) is 0 Å². The van der Waals surface area contributed by atoms with Gasteiger partial charge in [0.15, 0.2) is 0 Å². The third-order valence-corrected chi connectivity index (χ3v) is 2.74. The van der Waals surface area contributed by atoms with E-state index in [4.69, 9.17) is 10.00 Å². The van der Waals surface area contributed by atoms with Crippen molar-refractivity contribution >= 4 is 5.97 Å². The minimum absolute atomic E-state index is 0.176. The van der Waals surface area contributed by atoms with Gasteiger partial charge in [-0.25, -0.2) is 0 Å². The topological polar surface area (TPSA) is 70.3 Å². The molecular weight excluding hydrogens is 230 g/mol. The monoisotopic (exact) mass is 247 g/mol. The van der Waals surface area contributed by atoms with Crippen molar-refractivity contribution in [2.45, 2.75) is 33.3 Å². The van der Waals surface area contributed by atoms with E-state index in [0.717, 1.165) is 17.5 Å². The second kappa shape index (κ2) is 6.77. The molecule has 96 valence electrons. The molecular formula is C14H17NO3. The molecule has 4 heteroatoms. The zero-order chi connectivity index (χ0) is 13.5. The fourth-order valence-electron chi connectivity index (χ4n) is 1.84. The van der Waals surface area contributed by atoms with Crippen LogP contribution in [0, 0.1) is 11.3 Å². The zero-order valence-corrected chi connectivity index (χ0v) is 10.7. The molecule has 1 aromatic rings. The van der Waals surface area contributed by atoms with E-state index in [1.54, 1.807) is 19.1 Å². The number of hydrogen-bond acceptors (Lipinski definition) is 4. The summed E-state index contributed by atoms with van der Waals surface area (Å²) in [7, 11) is 0. The molecule has 0 spiro atoms. The largest absolute Gasteiger partial charge is 0.466 e. The Hall–Kier alpha value is -1.86. The van der Waals surface area contributed by atoms with Crippen LogP contribution in [-0.4, -0.2) is 17.7 Å². The van der Waals surface area contributed by atoms with E-state index in [1.807, 2.05) is 6.92 Å². The van der Waals surface area contributed by atoms with Gasteiger partial charge < -0.3 is 9.84 Å². The van der Waals surface area contributed by atoms with Gasteiger partial charge in [0, 0.05) is 0 Å². The van der Waals surface area contributed by atoms with Crippen molar-refractivity contribution < 1.29 is 14.6 Å². The number of carbonyl (C=O) groups is 1. The van der Waals surface area contributed by atoms with Crippen LogP contribution in [0.3, 0.4) is 0 Å². The highest BCUT2D eigenvalue weighted by molar-refractivity contribution is 5.73. The highest BCUT2D eigenvalue weighted by Gasteiger charge is 2.12. The normalized spacial score (nSPS) is 9.89. The number of ether oxygens (including phenoxy) is 1. The Kier molecular flexibility index (Phi) is 5.34. The SMILES string of the molecule is CCOC(=O)Cc1cc(CO)c(C#N)cc1CC. The number of nitrogens with zero attached hydrogens (tertiary/aromatic N) is 1. The Balaban J connectivity index is 3.10. The van der Waals surface area contributed by atoms with Crippen molar-refractivity contribution in [3.63, 3.8) is 0 Å². The molecule has 0 fully saturated rings. The van der Waals surface area contributed by atoms with E-state index in [0.29, 0.717) is 17.7 Å². The first-order valence-corrected chi connectivity index (χ1v) is 5.97. The van der Waals surface area contributed by atoms with Crippen LogP contribution in [0.4, 0.5) is 0 Å². The third kappa shape index (κ3) is 3.31. The summed E-state index contributed by atoms with van der Waals surface area (Å²) in [6, 6.07) is 5.50. The number of benzene rings is 1. The van der Waals surface area contributed by atoms with Crippen LogP contribution in [0.1, 0.15) is 36.1 Å². The molecule has 0 atom stereocenters. The number of rotatable bonds is 5. The summed E-state index contributed by atoms with van der Waals surface area (Å²) in [5.41, 5.74) is 2.77. The van der Waals surface area contributed by atoms with Crippen LogP contribution in [0.5, 0.6) is 0 Å². The quantitative estimate of drug-likeness (QED) is 0.804. The summed E-state index contributed by atoms with van der Waals surface area (Å²) in [5, 5.41) is 18.2. The van der Waals surface area contributed by atoms with Gasteiger partial charge >= 0.3 is 5.97 Å². The average Bonchev–Trinajstić information content (AvgIpc) is 2.38. The van der Waals surface area contributed by atoms with Crippen molar-refractivity contribution in [3.05, 3.63) is 34.4 Å². The molecule has 0 aliphatic carbocycles. The summed E-state index contributed by atoms with van der Waals surface area (Å²) < 4.78 is 4.91. The van der Waals surface area contributed by atoms with Crippen molar-refractivity contribution in [3.8, 4) is 6.07 Å². The molecule has 0 saturated heterocycles. The summed E-state index contributed by atoms with van der Waals surface area (Å²) >= 11 is 0. The van der Waals surface area contributed by atoms with E-state index < -0.39 is 0 Å². The minimum Gasteiger partial charge on any atom is -0.466 e. The lowest BCUT2D eigenvalue weighted by atomic mass is 9.96. The number of aliphatic hydroxyl groups excluding tert-OH is 1. The summed E-state index contributed by atoms with van der Waals surface area (Å²) in [5.74, 6) is -0.291. The van der Waals surface area contributed by atoms with E-state index >= 15 is 0 Å². The molecule has 0 amide bonds. The van der Waals surface area contributed by atoms with Gasteiger partial charge in [-0.15, -0.1) is 0 Å². The molecule has 0 bridgehead atoms. The Labute approximate surface area is 107 Å². The van der Waals surface area contributed by atoms with E-state index in [1.165, 1.54) is 0 Å². The van der Waals surface area contributed by atoms with Crippen molar-refractivity contribution in [2.24, 2.45) is 0 Å². The third-order valence-electron chi connectivity index (χ3n) is 2.74. The maximum absolute atomic E-state index is 11.5. The number of aliphatic hydroxyl groups is 1. The van der Waals surface area contributed by atoms with Crippen molar-refractivity contribution in [1.82, 2.24) is 0 Å². The maximum atomic E-state index is 11.5. The molecule has 0 aliphatic rings. The van der Waals surface area contributed by atoms with Crippen LogP contribution in [0.15, 0.2) is 12.1 Å². The number of esters is 1. The fourth-order valence-corrected chi connectivity index (χ4v) is 1.84. The lowest BCUT2D eigenvalue weighted by Gasteiger charge is -2.11. The van der Waals surface area contributed by atoms with Gasteiger partial charge in [0.1, 0.15) is 0 Å². The molecule has 1 aromatic carbocycles. The van der Waals surface area contributed by atoms with Gasteiger partial charge in [0.05, 0.1) is 31.3 Å². The van der Waals surface area contributed by atoms with Gasteiger partial charge in [-0.05, 0) is 36.1 Å². The minimum atomic E-state index is -0.291. The Morgan fingerprint density at radius 1 is 1.33 bits per heavy atom. The number of carbonyl (C=O) groups excluding carboxylic acids is 1. The first-order chi connectivity index (χ1) is 8.65. The lowest BCUT2D eigenvalue weighted by Crippen LogP contribution is -2.10. The highest BCUT2D eigenvalue weighted by atomic mass is 16.5. The standard InChI is InChI=1S/C14H17NO3/c1-3-10-5-12(8-15)13(9-16)6-11(10)7-14(17)18-4-2/h5-6,16H,3-4,7,9H2,1-2H3. The Morgan fingerprint density at radius 2 is 2.06 bits per heavy atom. The molecule has 1 rings (SSSR count). The molecule has 0 heterocycles.